The maximum atomic E-state index is 12.7. The van der Waals surface area contributed by atoms with E-state index in [-0.39, 0.29) is 12.5 Å². The maximum Gasteiger partial charge on any atom is 0.252 e. The summed E-state index contributed by atoms with van der Waals surface area (Å²) in [5.41, 5.74) is 1.68. The molecule has 9 nitrogen and oxygen atoms in total. The van der Waals surface area contributed by atoms with Crippen LogP contribution in [0.5, 0.6) is 5.75 Å². The predicted octanol–water partition coefficient (Wildman–Crippen LogP) is 2.25. The van der Waals surface area contributed by atoms with Crippen LogP contribution >= 0.6 is 0 Å². The van der Waals surface area contributed by atoms with Gasteiger partial charge in [0.1, 0.15) is 23.4 Å². The molecule has 2 aromatic rings. The molecule has 0 bridgehead atoms. The summed E-state index contributed by atoms with van der Waals surface area (Å²) in [6.07, 6.45) is 3.76. The van der Waals surface area contributed by atoms with Gasteiger partial charge in [-0.05, 0) is 25.0 Å². The standard InChI is InChI=1S/C19H21N5O4S/c1-2-28-17-8-4-3-7-15(17)16-10-18(22-13-21-16)23-19(25)14-6-5-9-24(11-14)29(26,27)12-20/h2-4,7-8,10,12-14,20H,1,5-6,9,11H2,(H,21,22,23,25). The van der Waals surface area contributed by atoms with E-state index < -0.39 is 15.9 Å². The van der Waals surface area contributed by atoms with Crippen molar-refractivity contribution in [2.75, 3.05) is 18.4 Å². The monoisotopic (exact) mass is 415 g/mol. The molecule has 1 aromatic carbocycles. The van der Waals surface area contributed by atoms with Gasteiger partial charge in [-0.1, -0.05) is 18.7 Å². The van der Waals surface area contributed by atoms with E-state index in [1.165, 1.54) is 12.6 Å². The molecule has 1 aromatic heterocycles. The van der Waals surface area contributed by atoms with Gasteiger partial charge in [0.15, 0.2) is 0 Å². The molecule has 2 N–H and O–H groups in total. The number of benzene rings is 1. The first kappa shape index (κ1) is 20.6. The van der Waals surface area contributed by atoms with Gasteiger partial charge in [-0.15, -0.1) is 0 Å². The molecular formula is C19H21N5O4S. The fraction of sp³-hybridized carbons (Fsp3) is 0.263. The molecule has 29 heavy (non-hydrogen) atoms. The number of carbonyl (C=O) groups is 1. The lowest BCUT2D eigenvalue weighted by Gasteiger charge is -2.29. The van der Waals surface area contributed by atoms with Crippen LogP contribution in [0, 0.1) is 11.3 Å². The number of nitrogens with one attached hydrogen (secondary N) is 2. The Labute approximate surface area is 169 Å². The lowest BCUT2D eigenvalue weighted by Crippen LogP contribution is -2.43. The number of carbonyl (C=O) groups excluding carboxylic acids is 1. The van der Waals surface area contributed by atoms with Crippen LogP contribution in [0.15, 0.2) is 49.5 Å². The van der Waals surface area contributed by atoms with Crippen LogP contribution < -0.4 is 10.1 Å². The van der Waals surface area contributed by atoms with Crippen molar-refractivity contribution < 1.29 is 17.9 Å². The summed E-state index contributed by atoms with van der Waals surface area (Å²) < 4.78 is 30.3. The number of anilines is 1. The molecule has 1 aliphatic heterocycles. The third kappa shape index (κ3) is 4.84. The highest BCUT2D eigenvalue weighted by Crippen LogP contribution is 2.29. The fourth-order valence-electron chi connectivity index (χ4n) is 3.13. The van der Waals surface area contributed by atoms with E-state index in [1.807, 2.05) is 18.2 Å². The highest BCUT2D eigenvalue weighted by atomic mass is 32.2. The van der Waals surface area contributed by atoms with Crippen LogP contribution in [0.1, 0.15) is 12.8 Å². The normalized spacial score (nSPS) is 17.3. The number of hydrogen-bond acceptors (Lipinski definition) is 7. The van der Waals surface area contributed by atoms with Crippen LogP contribution in [0.25, 0.3) is 11.3 Å². The first-order chi connectivity index (χ1) is 13.9. The third-order valence-corrected chi connectivity index (χ3v) is 5.90. The topological polar surface area (TPSA) is 125 Å². The Morgan fingerprint density at radius 3 is 2.90 bits per heavy atom. The van der Waals surface area contributed by atoms with Crippen molar-refractivity contribution in [1.82, 2.24) is 14.3 Å². The molecule has 2 heterocycles. The first-order valence-electron chi connectivity index (χ1n) is 8.95. The summed E-state index contributed by atoms with van der Waals surface area (Å²) in [6, 6.07) is 8.89. The van der Waals surface area contributed by atoms with Crippen molar-refractivity contribution in [2.24, 2.45) is 5.92 Å². The van der Waals surface area contributed by atoms with Gasteiger partial charge in [0.05, 0.1) is 17.9 Å². The van der Waals surface area contributed by atoms with Crippen molar-refractivity contribution in [1.29, 1.82) is 5.41 Å². The van der Waals surface area contributed by atoms with Gasteiger partial charge >= 0.3 is 0 Å². The fourth-order valence-corrected chi connectivity index (χ4v) is 4.05. The average Bonchev–Trinajstić information content (AvgIpc) is 2.74. The molecule has 1 aliphatic rings. The van der Waals surface area contributed by atoms with Gasteiger partial charge in [0.25, 0.3) is 10.0 Å². The van der Waals surface area contributed by atoms with E-state index in [0.29, 0.717) is 47.8 Å². The van der Waals surface area contributed by atoms with Gasteiger partial charge in [-0.2, -0.15) is 4.31 Å². The van der Waals surface area contributed by atoms with Crippen LogP contribution in [-0.2, 0) is 14.8 Å². The largest absolute Gasteiger partial charge is 0.465 e. The number of hydrogen-bond donors (Lipinski definition) is 2. The minimum absolute atomic E-state index is 0.0392. The number of rotatable bonds is 7. The van der Waals surface area contributed by atoms with Crippen molar-refractivity contribution in [3.05, 3.63) is 49.5 Å². The third-order valence-electron chi connectivity index (χ3n) is 4.56. The molecule has 1 atom stereocenters. The second-order valence-corrected chi connectivity index (χ2v) is 8.20. The molecule has 10 heteroatoms. The summed E-state index contributed by atoms with van der Waals surface area (Å²) in [4.78, 5) is 21.0. The molecule has 1 saturated heterocycles. The lowest BCUT2D eigenvalue weighted by atomic mass is 9.99. The number of amides is 1. The number of ether oxygens (including phenoxy) is 1. The molecule has 0 spiro atoms. The second kappa shape index (κ2) is 8.93. The highest BCUT2D eigenvalue weighted by molar-refractivity contribution is 8.02. The van der Waals surface area contributed by atoms with Crippen molar-refractivity contribution >= 4 is 27.3 Å². The second-order valence-electron chi connectivity index (χ2n) is 6.42. The van der Waals surface area contributed by atoms with E-state index in [2.05, 4.69) is 21.9 Å². The molecule has 0 saturated carbocycles. The Morgan fingerprint density at radius 1 is 1.34 bits per heavy atom. The Hall–Kier alpha value is -3.11. The van der Waals surface area contributed by atoms with Crippen molar-refractivity contribution in [3.8, 4) is 17.0 Å². The SMILES string of the molecule is C=COc1ccccc1-c1cc(NC(=O)C2CCCN(S(=O)(=O)C=N)C2)ncn1. The van der Waals surface area contributed by atoms with E-state index in [1.54, 1.807) is 12.1 Å². The summed E-state index contributed by atoms with van der Waals surface area (Å²) in [5.74, 6) is 0.0297. The van der Waals surface area contributed by atoms with E-state index in [4.69, 9.17) is 10.1 Å². The molecule has 0 radical (unpaired) electrons. The maximum absolute atomic E-state index is 12.7. The first-order valence-corrected chi connectivity index (χ1v) is 10.5. The van der Waals surface area contributed by atoms with Crippen LogP contribution in [0.2, 0.25) is 0 Å². The predicted molar refractivity (Wildman–Crippen MR) is 109 cm³/mol. The van der Waals surface area contributed by atoms with Gasteiger partial charge in [0.2, 0.25) is 5.91 Å². The van der Waals surface area contributed by atoms with Crippen LogP contribution in [0.4, 0.5) is 5.82 Å². The average molecular weight is 415 g/mol. The smallest absolute Gasteiger partial charge is 0.252 e. The van der Waals surface area contributed by atoms with E-state index >= 15 is 0 Å². The zero-order chi connectivity index (χ0) is 20.9. The number of para-hydroxylation sites is 1. The summed E-state index contributed by atoms with van der Waals surface area (Å²) in [7, 11) is -3.77. The molecule has 152 valence electrons. The summed E-state index contributed by atoms with van der Waals surface area (Å²) in [6.45, 7) is 3.90. The summed E-state index contributed by atoms with van der Waals surface area (Å²) >= 11 is 0. The quantitative estimate of drug-likeness (QED) is 0.406. The zero-order valence-corrected chi connectivity index (χ0v) is 16.4. The minimum Gasteiger partial charge on any atom is -0.465 e. The van der Waals surface area contributed by atoms with Gasteiger partial charge in [-0.3, -0.25) is 10.2 Å². The Kier molecular flexibility index (Phi) is 6.35. The molecule has 0 aliphatic carbocycles. The Morgan fingerprint density at radius 2 is 2.14 bits per heavy atom. The molecule has 3 rings (SSSR count). The van der Waals surface area contributed by atoms with Crippen molar-refractivity contribution in [2.45, 2.75) is 12.8 Å². The lowest BCUT2D eigenvalue weighted by molar-refractivity contribution is -0.120. The van der Waals surface area contributed by atoms with Gasteiger partial charge < -0.3 is 10.1 Å². The number of piperidine rings is 1. The molecule has 1 amide bonds. The Balaban J connectivity index is 1.76. The molecule has 1 unspecified atom stereocenters. The highest BCUT2D eigenvalue weighted by Gasteiger charge is 2.31. The Bertz CT molecular complexity index is 1020. The van der Waals surface area contributed by atoms with Crippen molar-refractivity contribution in [3.63, 3.8) is 0 Å². The van der Waals surface area contributed by atoms with E-state index in [0.717, 1.165) is 4.31 Å². The molecular weight excluding hydrogens is 394 g/mol. The number of sulfonamides is 1. The van der Waals surface area contributed by atoms with Crippen LogP contribution in [-0.4, -0.2) is 47.2 Å². The summed E-state index contributed by atoms with van der Waals surface area (Å²) in [5, 5.41) is 9.79. The molecule has 1 fully saturated rings. The van der Waals surface area contributed by atoms with Crippen LogP contribution in [0.3, 0.4) is 0 Å². The van der Waals surface area contributed by atoms with Gasteiger partial charge in [-0.25, -0.2) is 18.4 Å². The minimum atomic E-state index is -3.77. The zero-order valence-electron chi connectivity index (χ0n) is 15.6. The van der Waals surface area contributed by atoms with Gasteiger partial charge in [0, 0.05) is 24.7 Å². The van der Waals surface area contributed by atoms with E-state index in [9.17, 15) is 13.2 Å². The number of nitrogens with zero attached hydrogens (tertiary/aromatic N) is 3. The number of aromatic nitrogens is 2.